The molecule has 0 saturated carbocycles. The topological polar surface area (TPSA) is 125 Å². The number of benzene rings is 1. The zero-order valence-electron chi connectivity index (χ0n) is 14.1. The van der Waals surface area contributed by atoms with Crippen LogP contribution in [0.5, 0.6) is 5.75 Å². The van der Waals surface area contributed by atoms with Crippen LogP contribution in [0, 0.1) is 0 Å². The number of aromatic hydroxyl groups is 1. The van der Waals surface area contributed by atoms with E-state index in [4.69, 9.17) is 11.6 Å². The lowest BCUT2D eigenvalue weighted by Gasteiger charge is -2.08. The predicted octanol–water partition coefficient (Wildman–Crippen LogP) is 0.860. The number of hydrogen-bond acceptors (Lipinski definition) is 6. The molecule has 2 amide bonds. The molecule has 146 valence electrons. The maximum Gasteiger partial charge on any atom is 0.309 e. The molecule has 0 spiro atoms. The van der Waals surface area contributed by atoms with Gasteiger partial charge in [0, 0.05) is 19.6 Å². The molecule has 1 aromatic carbocycles. The van der Waals surface area contributed by atoms with Crippen molar-refractivity contribution >= 4 is 44.8 Å². The van der Waals surface area contributed by atoms with Crippen LogP contribution in [0.15, 0.2) is 40.6 Å². The number of hydrogen-bond donors (Lipinski definition) is 4. The second-order valence-corrected chi connectivity index (χ2v) is 9.10. The van der Waals surface area contributed by atoms with E-state index in [1.54, 1.807) is 18.2 Å². The Morgan fingerprint density at radius 3 is 2.37 bits per heavy atom. The van der Waals surface area contributed by atoms with Crippen LogP contribution in [-0.4, -0.2) is 45.0 Å². The van der Waals surface area contributed by atoms with Crippen LogP contribution in [-0.2, 0) is 26.0 Å². The molecular weight excluding hydrogens is 414 g/mol. The predicted molar refractivity (Wildman–Crippen MR) is 102 cm³/mol. The first-order valence-corrected chi connectivity index (χ1v) is 10.5. The van der Waals surface area contributed by atoms with Crippen molar-refractivity contribution in [2.75, 3.05) is 19.6 Å². The van der Waals surface area contributed by atoms with Crippen LogP contribution in [0.25, 0.3) is 0 Å². The number of nitrogens with one attached hydrogen (secondary N) is 3. The minimum absolute atomic E-state index is 0.0445. The number of thiophene rings is 1. The number of phenols is 1. The maximum absolute atomic E-state index is 12.0. The van der Waals surface area contributed by atoms with Crippen molar-refractivity contribution < 1.29 is 23.1 Å². The number of sulfonamides is 1. The first-order chi connectivity index (χ1) is 12.8. The van der Waals surface area contributed by atoms with Crippen LogP contribution in [0.2, 0.25) is 4.34 Å². The Morgan fingerprint density at radius 1 is 1.04 bits per heavy atom. The summed E-state index contributed by atoms with van der Waals surface area (Å²) in [6, 6.07) is 9.44. The molecule has 1 heterocycles. The van der Waals surface area contributed by atoms with E-state index in [0.717, 1.165) is 16.9 Å². The Hall–Kier alpha value is -2.14. The molecule has 4 N–H and O–H groups in total. The van der Waals surface area contributed by atoms with Gasteiger partial charge in [0.1, 0.15) is 9.96 Å². The largest absolute Gasteiger partial charge is 0.508 e. The summed E-state index contributed by atoms with van der Waals surface area (Å²) >= 11 is 6.62. The van der Waals surface area contributed by atoms with Crippen molar-refractivity contribution in [3.8, 4) is 5.75 Å². The standard InChI is InChI=1S/C16H18ClN3O5S2/c17-13-4-5-14(26-13)27(24,25)20-9-8-19-16(23)15(22)18-7-6-11-2-1-3-12(21)10-11/h1-5,10,20-21H,6-9H2,(H,18,22)(H,19,23). The molecule has 0 saturated heterocycles. The summed E-state index contributed by atoms with van der Waals surface area (Å²) in [4.78, 5) is 23.4. The fraction of sp³-hybridized carbons (Fsp3) is 0.250. The molecule has 0 radical (unpaired) electrons. The fourth-order valence-corrected chi connectivity index (χ4v) is 4.63. The summed E-state index contributed by atoms with van der Waals surface area (Å²) in [5, 5.41) is 14.1. The Kier molecular flexibility index (Phi) is 7.60. The maximum atomic E-state index is 12.0. The number of carbonyl (C=O) groups excluding carboxylic acids is 2. The molecule has 8 nitrogen and oxygen atoms in total. The highest BCUT2D eigenvalue weighted by molar-refractivity contribution is 7.91. The van der Waals surface area contributed by atoms with E-state index >= 15 is 0 Å². The second kappa shape index (κ2) is 9.70. The van der Waals surface area contributed by atoms with Crippen molar-refractivity contribution in [1.82, 2.24) is 15.4 Å². The van der Waals surface area contributed by atoms with Gasteiger partial charge in [0.05, 0.1) is 4.34 Å². The smallest absolute Gasteiger partial charge is 0.309 e. The van der Waals surface area contributed by atoms with Crippen LogP contribution in [0.4, 0.5) is 0 Å². The van der Waals surface area contributed by atoms with Gasteiger partial charge in [-0.3, -0.25) is 9.59 Å². The third-order valence-corrected chi connectivity index (χ3v) is 6.52. The normalized spacial score (nSPS) is 11.1. The first kappa shape index (κ1) is 21.2. The summed E-state index contributed by atoms with van der Waals surface area (Å²) in [5.41, 5.74) is 0.818. The molecule has 1 aromatic heterocycles. The van der Waals surface area contributed by atoms with Gasteiger partial charge in [0.25, 0.3) is 0 Å². The Balaban J connectivity index is 1.67. The van der Waals surface area contributed by atoms with E-state index in [1.807, 2.05) is 0 Å². The van der Waals surface area contributed by atoms with Gasteiger partial charge < -0.3 is 15.7 Å². The quantitative estimate of drug-likeness (QED) is 0.364. The summed E-state index contributed by atoms with van der Waals surface area (Å²) in [6.07, 6.45) is 0.455. The van der Waals surface area contributed by atoms with Gasteiger partial charge in [-0.25, -0.2) is 13.1 Å². The lowest BCUT2D eigenvalue weighted by Crippen LogP contribution is -2.43. The summed E-state index contributed by atoms with van der Waals surface area (Å²) < 4.78 is 26.6. The third kappa shape index (κ3) is 6.83. The number of phenolic OH excluding ortho intramolecular Hbond substituents is 1. The molecule has 0 aliphatic carbocycles. The van der Waals surface area contributed by atoms with Crippen molar-refractivity contribution in [2.45, 2.75) is 10.6 Å². The summed E-state index contributed by atoms with van der Waals surface area (Å²) in [6.45, 7) is 0.110. The summed E-state index contributed by atoms with van der Waals surface area (Å²) in [7, 11) is -3.69. The molecule has 0 aliphatic heterocycles. The average molecular weight is 432 g/mol. The fourth-order valence-electron chi connectivity index (χ4n) is 2.07. The van der Waals surface area contributed by atoms with Gasteiger partial charge in [-0.05, 0) is 36.2 Å². The molecule has 0 fully saturated rings. The number of rotatable bonds is 8. The van der Waals surface area contributed by atoms with Crippen molar-refractivity contribution in [3.05, 3.63) is 46.3 Å². The van der Waals surface area contributed by atoms with E-state index in [-0.39, 0.29) is 29.6 Å². The Bertz CT molecular complexity index is 914. The molecular formula is C16H18ClN3O5S2. The number of amides is 2. The van der Waals surface area contributed by atoms with Gasteiger partial charge in [-0.2, -0.15) is 0 Å². The monoisotopic (exact) mass is 431 g/mol. The first-order valence-electron chi connectivity index (χ1n) is 7.87. The van der Waals surface area contributed by atoms with Crippen LogP contribution in [0.3, 0.4) is 0 Å². The van der Waals surface area contributed by atoms with Gasteiger partial charge in [0.2, 0.25) is 10.0 Å². The van der Waals surface area contributed by atoms with Gasteiger partial charge >= 0.3 is 11.8 Å². The molecule has 0 bridgehead atoms. The zero-order chi connectivity index (χ0) is 19.9. The molecule has 27 heavy (non-hydrogen) atoms. The van der Waals surface area contributed by atoms with E-state index in [9.17, 15) is 23.1 Å². The molecule has 0 aliphatic rings. The SMILES string of the molecule is O=C(NCCNS(=O)(=O)c1ccc(Cl)s1)C(=O)NCCc1cccc(O)c1. The van der Waals surface area contributed by atoms with Crippen LogP contribution in [0.1, 0.15) is 5.56 Å². The van der Waals surface area contributed by atoms with Gasteiger partial charge in [0.15, 0.2) is 0 Å². The highest BCUT2D eigenvalue weighted by atomic mass is 35.5. The Labute approximate surface area is 165 Å². The van der Waals surface area contributed by atoms with E-state index in [2.05, 4.69) is 15.4 Å². The molecule has 0 unspecified atom stereocenters. The highest BCUT2D eigenvalue weighted by Crippen LogP contribution is 2.25. The third-order valence-electron chi connectivity index (χ3n) is 3.33. The molecule has 0 atom stereocenters. The minimum Gasteiger partial charge on any atom is -0.508 e. The minimum atomic E-state index is -3.69. The number of halogens is 1. The zero-order valence-corrected chi connectivity index (χ0v) is 16.5. The molecule has 2 aromatic rings. The lowest BCUT2D eigenvalue weighted by atomic mass is 10.1. The van der Waals surface area contributed by atoms with E-state index < -0.39 is 21.8 Å². The Morgan fingerprint density at radius 2 is 1.74 bits per heavy atom. The second-order valence-electron chi connectivity index (χ2n) is 5.39. The van der Waals surface area contributed by atoms with Crippen molar-refractivity contribution in [2.24, 2.45) is 0 Å². The van der Waals surface area contributed by atoms with Crippen molar-refractivity contribution in [1.29, 1.82) is 0 Å². The lowest BCUT2D eigenvalue weighted by molar-refractivity contribution is -0.139. The number of carbonyl (C=O) groups is 2. The summed E-state index contributed by atoms with van der Waals surface area (Å²) in [5.74, 6) is -1.55. The molecule has 11 heteroatoms. The van der Waals surface area contributed by atoms with Crippen molar-refractivity contribution in [3.63, 3.8) is 0 Å². The van der Waals surface area contributed by atoms with Gasteiger partial charge in [-0.15, -0.1) is 11.3 Å². The highest BCUT2D eigenvalue weighted by Gasteiger charge is 2.17. The molecule has 2 rings (SSSR count). The average Bonchev–Trinajstić information content (AvgIpc) is 3.06. The van der Waals surface area contributed by atoms with E-state index in [0.29, 0.717) is 10.8 Å². The van der Waals surface area contributed by atoms with Gasteiger partial charge in [-0.1, -0.05) is 23.7 Å². The van der Waals surface area contributed by atoms with E-state index in [1.165, 1.54) is 18.2 Å². The van der Waals surface area contributed by atoms with Crippen LogP contribution >= 0.6 is 22.9 Å². The van der Waals surface area contributed by atoms with Crippen LogP contribution < -0.4 is 15.4 Å².